The summed E-state index contributed by atoms with van der Waals surface area (Å²) in [5, 5.41) is 9.71. The van der Waals surface area contributed by atoms with E-state index in [0.29, 0.717) is 22.0 Å². The normalized spacial score (nSPS) is 11.1. The van der Waals surface area contributed by atoms with Crippen LogP contribution in [0.1, 0.15) is 31.1 Å². The largest absolute Gasteiger partial charge is 0.478 e. The smallest absolute Gasteiger partial charge is 0.420 e. The molecule has 0 unspecified atom stereocenters. The highest BCUT2D eigenvalue weighted by Crippen LogP contribution is 2.29. The molecule has 154 valence electrons. The van der Waals surface area contributed by atoms with Gasteiger partial charge in [0, 0.05) is 23.0 Å². The van der Waals surface area contributed by atoms with E-state index >= 15 is 0 Å². The number of carboxylic acids is 1. The maximum Gasteiger partial charge on any atom is 0.420 e. The second-order valence-corrected chi connectivity index (χ2v) is 7.76. The number of hydrogen-bond donors (Lipinski definition) is 1. The number of aromatic carboxylic acids is 1. The van der Waals surface area contributed by atoms with Crippen LogP contribution in [0.2, 0.25) is 5.02 Å². The van der Waals surface area contributed by atoms with E-state index in [4.69, 9.17) is 16.3 Å². The number of hydrogen-bond acceptors (Lipinski definition) is 6. The first-order chi connectivity index (χ1) is 14.1. The zero-order valence-corrected chi connectivity index (χ0v) is 17.3. The Balaban J connectivity index is 2.07. The summed E-state index contributed by atoms with van der Waals surface area (Å²) in [5.74, 6) is -0.908. The Morgan fingerprint density at radius 1 is 1.03 bits per heavy atom. The number of ether oxygens (including phenoxy) is 1. The highest BCUT2D eigenvalue weighted by atomic mass is 35.5. The first kappa shape index (κ1) is 21.2. The quantitative estimate of drug-likeness (QED) is 0.628. The zero-order chi connectivity index (χ0) is 21.9. The van der Waals surface area contributed by atoms with Crippen LogP contribution >= 0.6 is 11.6 Å². The number of anilines is 2. The van der Waals surface area contributed by atoms with Crippen LogP contribution in [0.25, 0.3) is 11.3 Å². The molecule has 3 aromatic rings. The SMILES string of the molecule is CC(C)(C)OC(=O)N(c1ccc(Cl)cc1)c1cncc(-c2cncc(C(=O)O)c2)n1. The lowest BCUT2D eigenvalue weighted by Crippen LogP contribution is -2.34. The molecule has 0 saturated carbocycles. The van der Waals surface area contributed by atoms with Gasteiger partial charge in [-0.1, -0.05) is 11.6 Å². The number of amides is 1. The average Bonchev–Trinajstić information content (AvgIpc) is 2.69. The summed E-state index contributed by atoms with van der Waals surface area (Å²) in [6.07, 6.45) is 4.94. The molecule has 1 amide bonds. The number of carbonyl (C=O) groups excluding carboxylic acids is 1. The van der Waals surface area contributed by atoms with Gasteiger partial charge in [0.15, 0.2) is 5.82 Å². The van der Waals surface area contributed by atoms with Gasteiger partial charge in [0.25, 0.3) is 0 Å². The third kappa shape index (κ3) is 5.09. The lowest BCUT2D eigenvalue weighted by Gasteiger charge is -2.27. The molecular weight excluding hydrogens is 408 g/mol. The third-order valence-electron chi connectivity index (χ3n) is 3.79. The molecule has 0 aliphatic carbocycles. The number of benzene rings is 1. The topological polar surface area (TPSA) is 106 Å². The molecule has 0 atom stereocenters. The first-order valence-corrected chi connectivity index (χ1v) is 9.31. The number of rotatable bonds is 4. The number of nitrogens with zero attached hydrogens (tertiary/aromatic N) is 4. The molecule has 0 bridgehead atoms. The van der Waals surface area contributed by atoms with E-state index in [1.165, 1.54) is 35.8 Å². The van der Waals surface area contributed by atoms with Gasteiger partial charge in [0.05, 0.1) is 29.3 Å². The molecular formula is C21H19ClN4O4. The van der Waals surface area contributed by atoms with Gasteiger partial charge in [-0.05, 0) is 51.1 Å². The van der Waals surface area contributed by atoms with Gasteiger partial charge in [-0.3, -0.25) is 9.97 Å². The minimum Gasteiger partial charge on any atom is -0.478 e. The highest BCUT2D eigenvalue weighted by molar-refractivity contribution is 6.30. The van der Waals surface area contributed by atoms with Gasteiger partial charge in [0.1, 0.15) is 5.60 Å². The summed E-state index contributed by atoms with van der Waals surface area (Å²) < 4.78 is 5.53. The van der Waals surface area contributed by atoms with Crippen molar-refractivity contribution in [2.45, 2.75) is 26.4 Å². The molecule has 30 heavy (non-hydrogen) atoms. The molecule has 0 spiro atoms. The number of carboxylic acid groups (broad SMARTS) is 1. The van der Waals surface area contributed by atoms with Gasteiger partial charge in [-0.25, -0.2) is 19.5 Å². The molecule has 9 heteroatoms. The van der Waals surface area contributed by atoms with Crippen molar-refractivity contribution in [3.05, 3.63) is 65.7 Å². The number of pyridine rings is 1. The summed E-state index contributed by atoms with van der Waals surface area (Å²) in [5.41, 5.74) is 0.570. The van der Waals surface area contributed by atoms with Crippen LogP contribution in [0.4, 0.5) is 16.3 Å². The summed E-state index contributed by atoms with van der Waals surface area (Å²) in [6.45, 7) is 5.28. The van der Waals surface area contributed by atoms with Gasteiger partial charge in [-0.2, -0.15) is 0 Å². The van der Waals surface area contributed by atoms with Gasteiger partial charge in [0.2, 0.25) is 0 Å². The third-order valence-corrected chi connectivity index (χ3v) is 4.04. The van der Waals surface area contributed by atoms with E-state index in [-0.39, 0.29) is 11.4 Å². The summed E-state index contributed by atoms with van der Waals surface area (Å²) in [6, 6.07) is 8.04. The van der Waals surface area contributed by atoms with Crippen LogP contribution in [-0.4, -0.2) is 37.7 Å². The number of aromatic nitrogens is 3. The van der Waals surface area contributed by atoms with E-state index in [1.54, 1.807) is 45.0 Å². The summed E-state index contributed by atoms with van der Waals surface area (Å²) in [4.78, 5) is 38.1. The second kappa shape index (κ2) is 8.46. The van der Waals surface area contributed by atoms with Crippen molar-refractivity contribution in [3.8, 4) is 11.3 Å². The predicted octanol–water partition coefficient (Wildman–Crippen LogP) is 4.96. The molecule has 1 N–H and O–H groups in total. The molecule has 3 rings (SSSR count). The second-order valence-electron chi connectivity index (χ2n) is 7.32. The van der Waals surface area contributed by atoms with Crippen molar-refractivity contribution < 1.29 is 19.4 Å². The number of carbonyl (C=O) groups is 2. The van der Waals surface area contributed by atoms with Crippen LogP contribution in [0.5, 0.6) is 0 Å². The monoisotopic (exact) mass is 426 g/mol. The minimum atomic E-state index is -1.11. The highest BCUT2D eigenvalue weighted by Gasteiger charge is 2.26. The lowest BCUT2D eigenvalue weighted by atomic mass is 10.1. The minimum absolute atomic E-state index is 0.0152. The Kier molecular flexibility index (Phi) is 5.98. The van der Waals surface area contributed by atoms with Crippen molar-refractivity contribution in [1.82, 2.24) is 15.0 Å². The van der Waals surface area contributed by atoms with E-state index in [0.717, 1.165) is 0 Å². The zero-order valence-electron chi connectivity index (χ0n) is 16.5. The van der Waals surface area contributed by atoms with Gasteiger partial charge < -0.3 is 9.84 Å². The standard InChI is InChI=1S/C21H19ClN4O4/c1-21(2,3)30-20(29)26(16-6-4-15(22)5-7-16)18-12-24-11-17(25-18)13-8-14(19(27)28)10-23-9-13/h4-12H,1-3H3,(H,27,28). The molecule has 0 aliphatic heterocycles. The molecule has 1 aromatic carbocycles. The van der Waals surface area contributed by atoms with Crippen LogP contribution in [0.15, 0.2) is 55.1 Å². The van der Waals surface area contributed by atoms with Crippen molar-refractivity contribution in [2.75, 3.05) is 4.90 Å². The van der Waals surface area contributed by atoms with Crippen molar-refractivity contribution in [1.29, 1.82) is 0 Å². The Morgan fingerprint density at radius 3 is 2.33 bits per heavy atom. The van der Waals surface area contributed by atoms with E-state index < -0.39 is 17.7 Å². The fraction of sp³-hybridized carbons (Fsp3) is 0.190. The summed E-state index contributed by atoms with van der Waals surface area (Å²) in [7, 11) is 0. The fourth-order valence-electron chi connectivity index (χ4n) is 2.53. The Labute approximate surface area is 178 Å². The van der Waals surface area contributed by atoms with Crippen molar-refractivity contribution in [3.63, 3.8) is 0 Å². The molecule has 2 heterocycles. The fourth-order valence-corrected chi connectivity index (χ4v) is 2.65. The van der Waals surface area contributed by atoms with Crippen molar-refractivity contribution in [2.24, 2.45) is 0 Å². The summed E-state index contributed by atoms with van der Waals surface area (Å²) >= 11 is 5.98. The Morgan fingerprint density at radius 2 is 1.70 bits per heavy atom. The maximum atomic E-state index is 12.9. The molecule has 0 radical (unpaired) electrons. The van der Waals surface area contributed by atoms with Crippen LogP contribution < -0.4 is 4.90 Å². The van der Waals surface area contributed by atoms with E-state index in [1.807, 2.05) is 0 Å². The Hall–Kier alpha value is -3.52. The van der Waals surface area contributed by atoms with Gasteiger partial charge in [-0.15, -0.1) is 0 Å². The van der Waals surface area contributed by atoms with Crippen LogP contribution in [-0.2, 0) is 4.74 Å². The lowest BCUT2D eigenvalue weighted by molar-refractivity contribution is 0.0597. The van der Waals surface area contributed by atoms with Crippen LogP contribution in [0, 0.1) is 0 Å². The van der Waals surface area contributed by atoms with E-state index in [9.17, 15) is 14.7 Å². The average molecular weight is 427 g/mol. The predicted molar refractivity (Wildman–Crippen MR) is 112 cm³/mol. The molecule has 0 aliphatic rings. The Bertz CT molecular complexity index is 1080. The van der Waals surface area contributed by atoms with E-state index in [2.05, 4.69) is 15.0 Å². The van der Waals surface area contributed by atoms with Crippen LogP contribution in [0.3, 0.4) is 0 Å². The molecule has 0 saturated heterocycles. The van der Waals surface area contributed by atoms with Gasteiger partial charge >= 0.3 is 12.1 Å². The molecule has 8 nitrogen and oxygen atoms in total. The molecule has 2 aromatic heterocycles. The first-order valence-electron chi connectivity index (χ1n) is 8.93. The maximum absolute atomic E-state index is 12.9. The number of halogens is 1. The van der Waals surface area contributed by atoms with Crippen molar-refractivity contribution >= 4 is 35.2 Å². The molecule has 0 fully saturated rings.